The van der Waals surface area contributed by atoms with E-state index in [1.807, 2.05) is 24.4 Å². The molecule has 4 aliphatic rings. The van der Waals surface area contributed by atoms with Crippen molar-refractivity contribution in [2.24, 2.45) is 0 Å². The quantitative estimate of drug-likeness (QED) is 0.203. The van der Waals surface area contributed by atoms with E-state index >= 15 is 0 Å². The van der Waals surface area contributed by atoms with Gasteiger partial charge in [0, 0.05) is 31.9 Å². The Balaban J connectivity index is 1.10. The summed E-state index contributed by atoms with van der Waals surface area (Å²) in [5.41, 5.74) is 3.00. The average Bonchev–Trinajstić information content (AvgIpc) is 3.65. The van der Waals surface area contributed by atoms with Crippen LogP contribution in [0.2, 0.25) is 0 Å². The Hall–Kier alpha value is -3.14. The summed E-state index contributed by atoms with van der Waals surface area (Å²) in [6.07, 6.45) is 16.6. The molecule has 3 atom stereocenters. The molecule has 9 heteroatoms. The molecule has 4 aliphatic heterocycles. The molecule has 1 aromatic rings. The van der Waals surface area contributed by atoms with Gasteiger partial charge in [0.2, 0.25) is 0 Å². The number of nitrogens with one attached hydrogen (secondary N) is 6. The summed E-state index contributed by atoms with van der Waals surface area (Å²) in [4.78, 5) is 4.51. The van der Waals surface area contributed by atoms with Gasteiger partial charge < -0.3 is 31.5 Å². The third-order valence-corrected chi connectivity index (χ3v) is 8.08. The van der Waals surface area contributed by atoms with Crippen LogP contribution in [-0.2, 0) is 0 Å². The summed E-state index contributed by atoms with van der Waals surface area (Å²) >= 11 is 0. The molecule has 0 spiro atoms. The van der Waals surface area contributed by atoms with Gasteiger partial charge in [-0.25, -0.2) is 4.39 Å². The van der Waals surface area contributed by atoms with Crippen molar-refractivity contribution in [1.29, 1.82) is 5.41 Å². The SMILES string of the molecule is CCN(CCNC1CCNCC1)C1C=CC=C(C2=CNC(/C=C\C(=N)N3CCCC3c3cccc(F)c3)N2)N1. The molecule has 39 heavy (non-hydrogen) atoms. The number of piperidine rings is 1. The Kier molecular flexibility index (Phi) is 9.34. The minimum atomic E-state index is -0.224. The van der Waals surface area contributed by atoms with Crippen LogP contribution < -0.4 is 26.6 Å². The van der Waals surface area contributed by atoms with E-state index in [-0.39, 0.29) is 24.2 Å². The van der Waals surface area contributed by atoms with Gasteiger partial charge in [-0.2, -0.15) is 0 Å². The maximum atomic E-state index is 13.8. The second kappa shape index (κ2) is 13.3. The molecule has 6 N–H and O–H groups in total. The van der Waals surface area contributed by atoms with E-state index < -0.39 is 0 Å². The van der Waals surface area contributed by atoms with E-state index in [4.69, 9.17) is 5.41 Å². The van der Waals surface area contributed by atoms with E-state index in [0.29, 0.717) is 11.9 Å². The highest BCUT2D eigenvalue weighted by Gasteiger charge is 2.28. The third kappa shape index (κ3) is 7.09. The van der Waals surface area contributed by atoms with Crippen LogP contribution in [0.1, 0.15) is 44.2 Å². The Morgan fingerprint density at radius 1 is 1.21 bits per heavy atom. The number of likely N-dealkylation sites (N-methyl/N-ethyl adjacent to an activating group) is 1. The smallest absolute Gasteiger partial charge is 0.123 e. The number of halogens is 1. The fourth-order valence-electron chi connectivity index (χ4n) is 5.91. The Bertz CT molecular complexity index is 1110. The molecule has 0 saturated carbocycles. The molecule has 2 saturated heterocycles. The largest absolute Gasteiger partial charge is 0.366 e. The Labute approximate surface area is 232 Å². The Morgan fingerprint density at radius 2 is 2.08 bits per heavy atom. The van der Waals surface area contributed by atoms with Crippen LogP contribution in [-0.4, -0.2) is 73.3 Å². The maximum absolute atomic E-state index is 13.8. The van der Waals surface area contributed by atoms with Crippen molar-refractivity contribution in [3.05, 3.63) is 83.6 Å². The predicted octanol–water partition coefficient (Wildman–Crippen LogP) is 2.89. The van der Waals surface area contributed by atoms with Gasteiger partial charge in [-0.1, -0.05) is 25.1 Å². The molecule has 0 bridgehead atoms. The molecule has 1 aromatic carbocycles. The highest BCUT2D eigenvalue weighted by molar-refractivity contribution is 5.90. The average molecular weight is 535 g/mol. The van der Waals surface area contributed by atoms with Crippen molar-refractivity contribution in [2.75, 3.05) is 39.3 Å². The number of allylic oxidation sites excluding steroid dienone is 2. The third-order valence-electron chi connectivity index (χ3n) is 8.08. The lowest BCUT2D eigenvalue weighted by atomic mass is 10.0. The van der Waals surface area contributed by atoms with E-state index in [0.717, 1.165) is 69.1 Å². The van der Waals surface area contributed by atoms with E-state index in [9.17, 15) is 4.39 Å². The standard InChI is InChI=1S/C30H43FN8/c1-2-38(19-17-34-24-13-15-33-16-14-24)30-10-4-8-25(37-30)26-21-35-29(36-26)12-11-28(32)39-18-5-9-27(39)22-6-3-7-23(31)20-22/h3-4,6-8,10-12,20-21,24,27,29-30,32-37H,2,5,9,13-19H2,1H3/b12-11-,32-28?. The van der Waals surface area contributed by atoms with Gasteiger partial charge in [0.1, 0.15) is 17.8 Å². The molecule has 3 unspecified atom stereocenters. The van der Waals surface area contributed by atoms with Gasteiger partial charge in [0.05, 0.1) is 23.6 Å². The lowest BCUT2D eigenvalue weighted by molar-refractivity contribution is 0.213. The molecular formula is C30H43FN8. The zero-order valence-corrected chi connectivity index (χ0v) is 22.9. The first-order valence-electron chi connectivity index (χ1n) is 14.5. The number of nitrogens with zero attached hydrogens (tertiary/aromatic N) is 2. The summed E-state index contributed by atoms with van der Waals surface area (Å²) in [7, 11) is 0. The molecule has 210 valence electrons. The molecule has 0 radical (unpaired) electrons. The fraction of sp³-hybridized carbons (Fsp3) is 0.500. The highest BCUT2D eigenvalue weighted by atomic mass is 19.1. The van der Waals surface area contributed by atoms with E-state index in [1.165, 1.54) is 18.9 Å². The second-order valence-electron chi connectivity index (χ2n) is 10.7. The number of dihydropyridines is 1. The number of benzene rings is 1. The molecular weight excluding hydrogens is 491 g/mol. The summed E-state index contributed by atoms with van der Waals surface area (Å²) in [6.45, 7) is 8.18. The zero-order valence-electron chi connectivity index (χ0n) is 22.9. The topological polar surface area (TPSA) is 90.5 Å². The van der Waals surface area contributed by atoms with Crippen LogP contribution in [0.25, 0.3) is 0 Å². The zero-order chi connectivity index (χ0) is 27.0. The van der Waals surface area contributed by atoms with Crippen molar-refractivity contribution in [3.8, 4) is 0 Å². The fourth-order valence-corrected chi connectivity index (χ4v) is 5.91. The maximum Gasteiger partial charge on any atom is 0.123 e. The van der Waals surface area contributed by atoms with Crippen LogP contribution in [0.5, 0.6) is 0 Å². The molecule has 8 nitrogen and oxygen atoms in total. The van der Waals surface area contributed by atoms with Crippen molar-refractivity contribution < 1.29 is 4.39 Å². The van der Waals surface area contributed by atoms with Gasteiger partial charge in [-0.3, -0.25) is 10.3 Å². The lowest BCUT2D eigenvalue weighted by Crippen LogP contribution is -2.49. The van der Waals surface area contributed by atoms with Crippen molar-refractivity contribution >= 4 is 5.84 Å². The normalized spacial score (nSPS) is 25.4. The molecule has 4 heterocycles. The number of amidine groups is 1. The first kappa shape index (κ1) is 27.4. The van der Waals surface area contributed by atoms with E-state index in [1.54, 1.807) is 12.1 Å². The van der Waals surface area contributed by atoms with Crippen molar-refractivity contribution in [1.82, 2.24) is 36.4 Å². The van der Waals surface area contributed by atoms with Gasteiger partial charge in [0.15, 0.2) is 0 Å². The minimum absolute atomic E-state index is 0.0488. The van der Waals surface area contributed by atoms with E-state index in [2.05, 4.69) is 61.5 Å². The van der Waals surface area contributed by atoms with Crippen LogP contribution >= 0.6 is 0 Å². The Morgan fingerprint density at radius 3 is 2.90 bits per heavy atom. The van der Waals surface area contributed by atoms with Crippen LogP contribution in [0.3, 0.4) is 0 Å². The summed E-state index contributed by atoms with van der Waals surface area (Å²) in [6, 6.07) is 7.44. The van der Waals surface area contributed by atoms with Gasteiger partial charge in [-0.15, -0.1) is 0 Å². The second-order valence-corrected chi connectivity index (χ2v) is 10.7. The van der Waals surface area contributed by atoms with Crippen LogP contribution in [0.4, 0.5) is 4.39 Å². The summed E-state index contributed by atoms with van der Waals surface area (Å²) < 4.78 is 13.8. The highest BCUT2D eigenvalue weighted by Crippen LogP contribution is 2.32. The number of likely N-dealkylation sites (tertiary alicyclic amines) is 1. The monoisotopic (exact) mass is 534 g/mol. The summed E-state index contributed by atoms with van der Waals surface area (Å²) in [5.74, 6) is 0.228. The summed E-state index contributed by atoms with van der Waals surface area (Å²) in [5, 5.41) is 26.4. The first-order chi connectivity index (χ1) is 19.1. The predicted molar refractivity (Wildman–Crippen MR) is 155 cm³/mol. The van der Waals surface area contributed by atoms with Gasteiger partial charge in [-0.05, 0) is 87.3 Å². The molecule has 5 rings (SSSR count). The van der Waals surface area contributed by atoms with Crippen LogP contribution in [0, 0.1) is 11.2 Å². The van der Waals surface area contributed by atoms with Crippen molar-refractivity contribution in [2.45, 2.75) is 57.0 Å². The molecule has 2 fully saturated rings. The number of hydrogen-bond acceptors (Lipinski definition) is 7. The molecule has 0 amide bonds. The lowest BCUT2D eigenvalue weighted by Gasteiger charge is -2.33. The molecule has 0 aromatic heterocycles. The molecule has 0 aliphatic carbocycles. The van der Waals surface area contributed by atoms with Crippen molar-refractivity contribution in [3.63, 3.8) is 0 Å². The first-order valence-corrected chi connectivity index (χ1v) is 14.5. The number of hydrogen-bond donors (Lipinski definition) is 6. The van der Waals surface area contributed by atoms with Crippen LogP contribution in [0.15, 0.2) is 72.2 Å². The van der Waals surface area contributed by atoms with Gasteiger partial charge in [0.25, 0.3) is 0 Å². The number of rotatable bonds is 10. The van der Waals surface area contributed by atoms with Gasteiger partial charge >= 0.3 is 0 Å². The minimum Gasteiger partial charge on any atom is -0.366 e.